The number of carbonyl (C=O) groups is 1. The van der Waals surface area contributed by atoms with Crippen molar-refractivity contribution in [3.05, 3.63) is 12.2 Å². The smallest absolute Gasteiger partial charge is 0.306 e. The number of nitrogens with one attached hydrogen (secondary N) is 1. The van der Waals surface area contributed by atoms with Crippen LogP contribution in [0.4, 0.5) is 0 Å². The van der Waals surface area contributed by atoms with Crippen molar-refractivity contribution < 1.29 is 9.90 Å². The molecule has 0 saturated heterocycles. The third kappa shape index (κ3) is 4.04. The van der Waals surface area contributed by atoms with Crippen LogP contribution < -0.4 is 5.32 Å². The molecule has 1 saturated carbocycles. The van der Waals surface area contributed by atoms with E-state index in [1.807, 2.05) is 6.92 Å². The molecule has 2 atom stereocenters. The summed E-state index contributed by atoms with van der Waals surface area (Å²) in [6.45, 7) is 7.39. The Balaban J connectivity index is 2.36. The monoisotopic (exact) mass is 211 g/mol. The molecule has 3 nitrogen and oxygen atoms in total. The molecule has 0 spiro atoms. The second-order valence-corrected chi connectivity index (χ2v) is 4.58. The fourth-order valence-corrected chi connectivity index (χ4v) is 2.25. The lowest BCUT2D eigenvalue weighted by molar-refractivity contribution is -0.144. The molecule has 0 bridgehead atoms. The zero-order valence-corrected chi connectivity index (χ0v) is 9.46. The molecule has 2 unspecified atom stereocenters. The molecule has 0 aromatic carbocycles. The first kappa shape index (κ1) is 12.2. The van der Waals surface area contributed by atoms with Crippen molar-refractivity contribution in [2.24, 2.45) is 11.8 Å². The zero-order chi connectivity index (χ0) is 11.3. The van der Waals surface area contributed by atoms with Gasteiger partial charge in [0, 0.05) is 6.54 Å². The molecular weight excluding hydrogens is 190 g/mol. The third-order valence-electron chi connectivity index (χ3n) is 3.06. The first-order valence-electron chi connectivity index (χ1n) is 5.69. The molecule has 0 amide bonds. The highest BCUT2D eigenvalue weighted by Gasteiger charge is 2.30. The number of carboxylic acids is 1. The van der Waals surface area contributed by atoms with Crippen LogP contribution in [0.3, 0.4) is 0 Å². The highest BCUT2D eigenvalue weighted by atomic mass is 16.4. The van der Waals surface area contributed by atoms with E-state index in [4.69, 9.17) is 5.11 Å². The van der Waals surface area contributed by atoms with Gasteiger partial charge in [0.1, 0.15) is 0 Å². The molecule has 1 fully saturated rings. The molecule has 3 heteroatoms. The van der Waals surface area contributed by atoms with Gasteiger partial charge in [-0.25, -0.2) is 0 Å². The van der Waals surface area contributed by atoms with Gasteiger partial charge in [-0.1, -0.05) is 25.0 Å². The Hall–Kier alpha value is -0.830. The van der Waals surface area contributed by atoms with Gasteiger partial charge < -0.3 is 10.4 Å². The van der Waals surface area contributed by atoms with Crippen LogP contribution in [-0.4, -0.2) is 24.2 Å². The molecule has 0 aromatic heterocycles. The van der Waals surface area contributed by atoms with E-state index in [1.54, 1.807) is 0 Å². The lowest BCUT2D eigenvalue weighted by Gasteiger charge is -2.28. The summed E-state index contributed by atoms with van der Waals surface area (Å²) in [4.78, 5) is 11.0. The molecule has 0 heterocycles. The summed E-state index contributed by atoms with van der Waals surface area (Å²) in [6.07, 6.45) is 4.12. The number of hydrogen-bond donors (Lipinski definition) is 2. The van der Waals surface area contributed by atoms with E-state index in [1.165, 1.54) is 6.42 Å². The molecule has 0 radical (unpaired) electrons. The number of hydrogen-bond acceptors (Lipinski definition) is 2. The maximum Gasteiger partial charge on any atom is 0.306 e. The molecule has 2 N–H and O–H groups in total. The molecule has 1 aliphatic rings. The molecule has 15 heavy (non-hydrogen) atoms. The van der Waals surface area contributed by atoms with E-state index in [0.717, 1.165) is 37.9 Å². The van der Waals surface area contributed by atoms with Gasteiger partial charge in [0.05, 0.1) is 5.92 Å². The van der Waals surface area contributed by atoms with Crippen LogP contribution in [-0.2, 0) is 4.79 Å². The Morgan fingerprint density at radius 1 is 1.47 bits per heavy atom. The number of aliphatic carboxylic acids is 1. The van der Waals surface area contributed by atoms with Gasteiger partial charge in [-0.05, 0) is 32.2 Å². The molecule has 86 valence electrons. The van der Waals surface area contributed by atoms with E-state index in [9.17, 15) is 4.79 Å². The van der Waals surface area contributed by atoms with Gasteiger partial charge in [-0.15, -0.1) is 0 Å². The Bertz CT molecular complexity index is 238. The molecule has 1 rings (SSSR count). The van der Waals surface area contributed by atoms with Crippen LogP contribution in [0, 0.1) is 11.8 Å². The normalized spacial score (nSPS) is 26.2. The summed E-state index contributed by atoms with van der Waals surface area (Å²) >= 11 is 0. The molecule has 1 aliphatic carbocycles. The lowest BCUT2D eigenvalue weighted by Crippen LogP contribution is -2.35. The van der Waals surface area contributed by atoms with E-state index in [-0.39, 0.29) is 5.92 Å². The highest BCUT2D eigenvalue weighted by Crippen LogP contribution is 2.29. The highest BCUT2D eigenvalue weighted by molar-refractivity contribution is 5.70. The lowest BCUT2D eigenvalue weighted by atomic mass is 9.79. The van der Waals surface area contributed by atoms with Crippen molar-refractivity contribution >= 4 is 5.97 Å². The van der Waals surface area contributed by atoms with Gasteiger partial charge in [-0.2, -0.15) is 0 Å². The van der Waals surface area contributed by atoms with Crippen LogP contribution in [0.15, 0.2) is 12.2 Å². The van der Waals surface area contributed by atoms with Gasteiger partial charge in [0.2, 0.25) is 0 Å². The summed E-state index contributed by atoms with van der Waals surface area (Å²) in [5.74, 6) is -0.469. The largest absolute Gasteiger partial charge is 0.481 e. The second-order valence-electron chi connectivity index (χ2n) is 4.58. The number of rotatable bonds is 5. The van der Waals surface area contributed by atoms with Crippen molar-refractivity contribution in [1.29, 1.82) is 0 Å². The Morgan fingerprint density at radius 2 is 2.13 bits per heavy atom. The maximum absolute atomic E-state index is 11.0. The third-order valence-corrected chi connectivity index (χ3v) is 3.06. The fourth-order valence-electron chi connectivity index (χ4n) is 2.25. The standard InChI is InChI=1S/C12H21NO2/c1-9(2)7-13-8-10-5-3-4-6-11(10)12(14)15/h10-11,13H,1,3-8H2,2H3,(H,14,15). The predicted octanol–water partition coefficient (Wildman–Crippen LogP) is 2.04. The summed E-state index contributed by atoms with van der Waals surface area (Å²) in [6, 6.07) is 0. The van der Waals surface area contributed by atoms with Crippen molar-refractivity contribution in [3.8, 4) is 0 Å². The molecule has 0 aromatic rings. The molecular formula is C12H21NO2. The van der Waals surface area contributed by atoms with Crippen LogP contribution >= 0.6 is 0 Å². The van der Waals surface area contributed by atoms with E-state index in [0.29, 0.717) is 5.92 Å². The van der Waals surface area contributed by atoms with Crippen molar-refractivity contribution in [3.63, 3.8) is 0 Å². The first-order chi connectivity index (χ1) is 7.11. The van der Waals surface area contributed by atoms with E-state index in [2.05, 4.69) is 11.9 Å². The Kier molecular flexibility index (Phi) is 4.82. The SMILES string of the molecule is C=C(C)CNCC1CCCCC1C(=O)O. The minimum atomic E-state index is -0.628. The quantitative estimate of drug-likeness (QED) is 0.684. The minimum Gasteiger partial charge on any atom is -0.481 e. The predicted molar refractivity (Wildman–Crippen MR) is 60.8 cm³/mol. The summed E-state index contributed by atoms with van der Waals surface area (Å²) in [7, 11) is 0. The topological polar surface area (TPSA) is 49.3 Å². The van der Waals surface area contributed by atoms with Crippen LogP contribution in [0.5, 0.6) is 0 Å². The van der Waals surface area contributed by atoms with Crippen LogP contribution in [0.1, 0.15) is 32.6 Å². The van der Waals surface area contributed by atoms with Gasteiger partial charge in [0.15, 0.2) is 0 Å². The number of carboxylic acid groups (broad SMARTS) is 1. The zero-order valence-electron chi connectivity index (χ0n) is 9.46. The van der Waals surface area contributed by atoms with E-state index < -0.39 is 5.97 Å². The van der Waals surface area contributed by atoms with Gasteiger partial charge in [-0.3, -0.25) is 4.79 Å². The Labute approximate surface area is 91.6 Å². The molecule has 0 aliphatic heterocycles. The average Bonchev–Trinajstić information content (AvgIpc) is 2.17. The maximum atomic E-state index is 11.0. The van der Waals surface area contributed by atoms with Crippen molar-refractivity contribution in [2.45, 2.75) is 32.6 Å². The summed E-state index contributed by atoms with van der Waals surface area (Å²) in [5, 5.41) is 12.3. The van der Waals surface area contributed by atoms with Crippen LogP contribution in [0.25, 0.3) is 0 Å². The second kappa shape index (κ2) is 5.91. The van der Waals surface area contributed by atoms with Crippen molar-refractivity contribution in [2.75, 3.05) is 13.1 Å². The first-order valence-corrected chi connectivity index (χ1v) is 5.69. The summed E-state index contributed by atoms with van der Waals surface area (Å²) < 4.78 is 0. The van der Waals surface area contributed by atoms with Crippen LogP contribution in [0.2, 0.25) is 0 Å². The Morgan fingerprint density at radius 3 is 2.73 bits per heavy atom. The minimum absolute atomic E-state index is 0.142. The summed E-state index contributed by atoms with van der Waals surface area (Å²) in [5.41, 5.74) is 1.10. The van der Waals surface area contributed by atoms with Gasteiger partial charge in [0.25, 0.3) is 0 Å². The van der Waals surface area contributed by atoms with Gasteiger partial charge >= 0.3 is 5.97 Å². The van der Waals surface area contributed by atoms with Crippen molar-refractivity contribution in [1.82, 2.24) is 5.32 Å². The fraction of sp³-hybridized carbons (Fsp3) is 0.750. The van der Waals surface area contributed by atoms with E-state index >= 15 is 0 Å². The average molecular weight is 211 g/mol.